The summed E-state index contributed by atoms with van der Waals surface area (Å²) < 4.78 is 0. The zero-order chi connectivity index (χ0) is 9.84. The van der Waals surface area contributed by atoms with Gasteiger partial charge in [-0.2, -0.15) is 0 Å². The number of hydrogen-bond donors (Lipinski definition) is 2. The minimum atomic E-state index is -0.714. The number of alkyl halides is 1. The molecule has 0 aromatic heterocycles. The Morgan fingerprint density at radius 1 is 1.46 bits per heavy atom. The maximum absolute atomic E-state index is 10.8. The number of carbonyl (C=O) groups excluding carboxylic acids is 1. The first-order chi connectivity index (χ1) is 6.16. The summed E-state index contributed by atoms with van der Waals surface area (Å²) in [7, 11) is 0. The lowest BCUT2D eigenvalue weighted by atomic mass is 10.0. The minimum Gasteiger partial charge on any atom is -0.368 e. The number of halogens is 1. The maximum Gasteiger partial charge on any atom is 0.238 e. The third-order valence-corrected chi connectivity index (χ3v) is 2.44. The van der Waals surface area contributed by atoms with Crippen LogP contribution in [0.1, 0.15) is 17.2 Å². The molecule has 13 heavy (non-hydrogen) atoms. The van der Waals surface area contributed by atoms with Crippen molar-refractivity contribution in [1.29, 1.82) is 0 Å². The Morgan fingerprint density at radius 2 is 2.08 bits per heavy atom. The highest BCUT2D eigenvalue weighted by molar-refractivity contribution is 9.08. The number of hydrogen-bond acceptors (Lipinski definition) is 2. The summed E-state index contributed by atoms with van der Waals surface area (Å²) in [5.74, 6) is -0.506. The second-order valence-corrected chi connectivity index (χ2v) is 3.27. The molecule has 70 valence electrons. The molecule has 0 bridgehead atoms. The molecule has 1 atom stereocenters. The number of rotatable bonds is 3. The predicted octanol–water partition coefficient (Wildman–Crippen LogP) is 1.07. The Morgan fingerprint density at radius 3 is 2.62 bits per heavy atom. The average molecular weight is 243 g/mol. The van der Waals surface area contributed by atoms with Crippen molar-refractivity contribution >= 4 is 21.8 Å². The standard InChI is InChI=1S/C9H11BrN2O/c10-5-6-3-1-2-4-7(6)8(11)9(12)13/h1-4,8H,5,11H2,(H2,12,13). The first-order valence-corrected chi connectivity index (χ1v) is 4.97. The van der Waals surface area contributed by atoms with E-state index in [0.717, 1.165) is 11.1 Å². The van der Waals surface area contributed by atoms with Crippen LogP contribution in [0.4, 0.5) is 0 Å². The van der Waals surface area contributed by atoms with Crippen molar-refractivity contribution < 1.29 is 4.79 Å². The van der Waals surface area contributed by atoms with E-state index in [0.29, 0.717) is 5.33 Å². The molecule has 0 aliphatic rings. The van der Waals surface area contributed by atoms with Gasteiger partial charge in [0.05, 0.1) is 0 Å². The maximum atomic E-state index is 10.8. The van der Waals surface area contributed by atoms with E-state index < -0.39 is 11.9 Å². The van der Waals surface area contributed by atoms with Crippen LogP contribution in [0.3, 0.4) is 0 Å². The van der Waals surface area contributed by atoms with Gasteiger partial charge >= 0.3 is 0 Å². The van der Waals surface area contributed by atoms with Gasteiger partial charge in [0.2, 0.25) is 5.91 Å². The van der Waals surface area contributed by atoms with Gasteiger partial charge in [-0.25, -0.2) is 0 Å². The molecule has 1 amide bonds. The van der Waals surface area contributed by atoms with Crippen LogP contribution < -0.4 is 11.5 Å². The van der Waals surface area contributed by atoms with E-state index in [-0.39, 0.29) is 0 Å². The van der Waals surface area contributed by atoms with Crippen LogP contribution in [0.15, 0.2) is 24.3 Å². The van der Waals surface area contributed by atoms with Crippen molar-refractivity contribution in [2.75, 3.05) is 0 Å². The van der Waals surface area contributed by atoms with Crippen LogP contribution in [-0.4, -0.2) is 5.91 Å². The molecule has 1 aromatic rings. The van der Waals surface area contributed by atoms with Crippen molar-refractivity contribution in [3.05, 3.63) is 35.4 Å². The molecule has 4 N–H and O–H groups in total. The lowest BCUT2D eigenvalue weighted by Crippen LogP contribution is -2.28. The van der Waals surface area contributed by atoms with Gasteiger partial charge in [-0.3, -0.25) is 4.79 Å². The summed E-state index contributed by atoms with van der Waals surface area (Å²) >= 11 is 3.32. The lowest BCUT2D eigenvalue weighted by Gasteiger charge is -2.11. The number of nitrogens with two attached hydrogens (primary N) is 2. The Hall–Kier alpha value is -0.870. The minimum absolute atomic E-state index is 0.506. The smallest absolute Gasteiger partial charge is 0.238 e. The van der Waals surface area contributed by atoms with Gasteiger partial charge in [-0.15, -0.1) is 0 Å². The first kappa shape index (κ1) is 10.2. The molecule has 0 radical (unpaired) electrons. The summed E-state index contributed by atoms with van der Waals surface area (Å²) in [6.07, 6.45) is 0. The van der Waals surface area contributed by atoms with Crippen LogP contribution in [-0.2, 0) is 10.1 Å². The zero-order valence-electron chi connectivity index (χ0n) is 7.03. The summed E-state index contributed by atoms with van der Waals surface area (Å²) in [6.45, 7) is 0. The van der Waals surface area contributed by atoms with Crippen molar-refractivity contribution in [3.8, 4) is 0 Å². The third kappa shape index (κ3) is 2.29. The summed E-state index contributed by atoms with van der Waals surface area (Å²) in [5, 5.41) is 0.671. The van der Waals surface area contributed by atoms with Crippen LogP contribution in [0, 0.1) is 0 Å². The molecule has 1 unspecified atom stereocenters. The van der Waals surface area contributed by atoms with Crippen LogP contribution >= 0.6 is 15.9 Å². The van der Waals surface area contributed by atoms with Crippen molar-refractivity contribution in [1.82, 2.24) is 0 Å². The van der Waals surface area contributed by atoms with E-state index in [2.05, 4.69) is 15.9 Å². The normalized spacial score (nSPS) is 12.5. The Balaban J connectivity index is 3.05. The number of primary amides is 1. The largest absolute Gasteiger partial charge is 0.368 e. The Bertz CT molecular complexity index is 314. The lowest BCUT2D eigenvalue weighted by molar-refractivity contribution is -0.119. The van der Waals surface area contributed by atoms with Crippen LogP contribution in [0.2, 0.25) is 0 Å². The van der Waals surface area contributed by atoms with Crippen LogP contribution in [0.5, 0.6) is 0 Å². The van der Waals surface area contributed by atoms with Gasteiger partial charge < -0.3 is 11.5 Å². The Labute approximate surface area is 85.2 Å². The number of carbonyl (C=O) groups is 1. The van der Waals surface area contributed by atoms with E-state index in [1.54, 1.807) is 0 Å². The second-order valence-electron chi connectivity index (χ2n) is 2.71. The van der Waals surface area contributed by atoms with E-state index in [1.165, 1.54) is 0 Å². The fourth-order valence-electron chi connectivity index (χ4n) is 1.11. The molecule has 0 saturated heterocycles. The molecular formula is C9H11BrN2O. The van der Waals surface area contributed by atoms with Gasteiger partial charge in [-0.05, 0) is 11.1 Å². The van der Waals surface area contributed by atoms with Gasteiger partial charge in [0.1, 0.15) is 6.04 Å². The summed E-state index contributed by atoms with van der Waals surface area (Å²) in [5.41, 5.74) is 12.5. The third-order valence-electron chi connectivity index (χ3n) is 1.84. The average Bonchev–Trinajstić information content (AvgIpc) is 2.16. The molecule has 0 aliphatic heterocycles. The fourth-order valence-corrected chi connectivity index (χ4v) is 1.62. The van der Waals surface area contributed by atoms with E-state index in [1.807, 2.05) is 24.3 Å². The number of amides is 1. The van der Waals surface area contributed by atoms with Crippen molar-refractivity contribution in [3.63, 3.8) is 0 Å². The number of benzene rings is 1. The summed E-state index contributed by atoms with van der Waals surface area (Å²) in [6, 6.07) is 6.74. The quantitative estimate of drug-likeness (QED) is 0.779. The zero-order valence-corrected chi connectivity index (χ0v) is 8.62. The Kier molecular flexibility index (Phi) is 3.45. The van der Waals surface area contributed by atoms with Gasteiger partial charge in [0.25, 0.3) is 0 Å². The highest BCUT2D eigenvalue weighted by Crippen LogP contribution is 2.18. The molecule has 0 heterocycles. The topological polar surface area (TPSA) is 69.1 Å². The summed E-state index contributed by atoms with van der Waals surface area (Å²) in [4.78, 5) is 10.8. The molecule has 0 spiro atoms. The van der Waals surface area contributed by atoms with Crippen molar-refractivity contribution in [2.45, 2.75) is 11.4 Å². The van der Waals surface area contributed by atoms with E-state index in [4.69, 9.17) is 11.5 Å². The van der Waals surface area contributed by atoms with Crippen LogP contribution in [0.25, 0.3) is 0 Å². The molecule has 3 nitrogen and oxygen atoms in total. The molecule has 0 aliphatic carbocycles. The second kappa shape index (κ2) is 4.39. The van der Waals surface area contributed by atoms with Crippen molar-refractivity contribution in [2.24, 2.45) is 11.5 Å². The van der Waals surface area contributed by atoms with Gasteiger partial charge in [0, 0.05) is 5.33 Å². The monoisotopic (exact) mass is 242 g/mol. The van der Waals surface area contributed by atoms with E-state index in [9.17, 15) is 4.79 Å². The molecule has 1 aromatic carbocycles. The SMILES string of the molecule is NC(=O)C(N)c1ccccc1CBr. The fraction of sp³-hybridized carbons (Fsp3) is 0.222. The molecular weight excluding hydrogens is 232 g/mol. The highest BCUT2D eigenvalue weighted by atomic mass is 79.9. The molecule has 1 rings (SSSR count). The van der Waals surface area contributed by atoms with Gasteiger partial charge in [0.15, 0.2) is 0 Å². The van der Waals surface area contributed by atoms with Gasteiger partial charge in [-0.1, -0.05) is 40.2 Å². The molecule has 0 saturated carbocycles. The highest BCUT2D eigenvalue weighted by Gasteiger charge is 2.14. The molecule has 4 heteroatoms. The molecule has 0 fully saturated rings. The van der Waals surface area contributed by atoms with E-state index >= 15 is 0 Å². The predicted molar refractivity (Wildman–Crippen MR) is 55.2 cm³/mol. The first-order valence-electron chi connectivity index (χ1n) is 3.85.